The monoisotopic (exact) mass is 223 g/mol. The van der Waals surface area contributed by atoms with Gasteiger partial charge in [0.15, 0.2) is 0 Å². The Morgan fingerprint density at radius 2 is 2.00 bits per heavy atom. The van der Waals surface area contributed by atoms with Gasteiger partial charge in [-0.25, -0.2) is 4.79 Å². The van der Waals surface area contributed by atoms with Crippen LogP contribution in [0.1, 0.15) is 26.3 Å². The fourth-order valence-electron chi connectivity index (χ4n) is 1.32. The first-order chi connectivity index (χ1) is 7.51. The number of rotatable bonds is 2. The molecule has 0 aliphatic rings. The van der Waals surface area contributed by atoms with Crippen LogP contribution in [0, 0.1) is 6.92 Å². The second-order valence-corrected chi connectivity index (χ2v) is 3.26. The third kappa shape index (κ3) is 2.13. The van der Waals surface area contributed by atoms with E-state index in [9.17, 15) is 14.7 Å². The van der Waals surface area contributed by atoms with Crippen LogP contribution in [-0.2, 0) is 4.74 Å². The Balaban J connectivity index is 3.33. The molecule has 0 atom stereocenters. The van der Waals surface area contributed by atoms with E-state index in [4.69, 9.17) is 0 Å². The molecule has 5 nitrogen and oxygen atoms in total. The summed E-state index contributed by atoms with van der Waals surface area (Å²) in [5.74, 6) is -1.13. The Bertz CT molecular complexity index is 440. The van der Waals surface area contributed by atoms with E-state index in [1.165, 1.54) is 26.3 Å². The molecule has 0 heterocycles. The number of hydrogen-bond acceptors (Lipinski definition) is 4. The topological polar surface area (TPSA) is 75.6 Å². The average Bonchev–Trinajstić information content (AvgIpc) is 2.30. The number of aryl methyl sites for hydroxylation is 1. The highest BCUT2D eigenvalue weighted by Gasteiger charge is 2.16. The number of benzene rings is 1. The molecular formula is C11H13NO4. The summed E-state index contributed by atoms with van der Waals surface area (Å²) >= 11 is 0. The highest BCUT2D eigenvalue weighted by atomic mass is 16.5. The number of phenolic OH excluding ortho intramolecular Hbond substituents is 1. The molecule has 0 unspecified atom stereocenters. The maximum absolute atomic E-state index is 11.4. The van der Waals surface area contributed by atoms with E-state index < -0.39 is 11.9 Å². The highest BCUT2D eigenvalue weighted by molar-refractivity contribution is 6.00. The Morgan fingerprint density at radius 3 is 2.50 bits per heavy atom. The summed E-state index contributed by atoms with van der Waals surface area (Å²) in [5.41, 5.74) is 0.737. The zero-order chi connectivity index (χ0) is 12.3. The molecule has 1 aromatic carbocycles. The van der Waals surface area contributed by atoms with Crippen LogP contribution in [-0.4, -0.2) is 31.1 Å². The van der Waals surface area contributed by atoms with Gasteiger partial charge in [0, 0.05) is 7.05 Å². The quantitative estimate of drug-likeness (QED) is 0.729. The number of aromatic hydroxyl groups is 1. The van der Waals surface area contributed by atoms with E-state index in [1.807, 2.05) is 0 Å². The number of methoxy groups -OCH3 is 1. The first-order valence-corrected chi connectivity index (χ1v) is 4.65. The molecule has 0 aliphatic carbocycles. The zero-order valence-corrected chi connectivity index (χ0v) is 9.33. The van der Waals surface area contributed by atoms with Gasteiger partial charge in [-0.1, -0.05) is 0 Å². The van der Waals surface area contributed by atoms with E-state index in [2.05, 4.69) is 10.1 Å². The number of nitrogens with one attached hydrogen (secondary N) is 1. The van der Waals surface area contributed by atoms with E-state index in [1.54, 1.807) is 6.92 Å². The van der Waals surface area contributed by atoms with Crippen molar-refractivity contribution in [2.45, 2.75) is 6.92 Å². The zero-order valence-electron chi connectivity index (χ0n) is 9.33. The van der Waals surface area contributed by atoms with Gasteiger partial charge in [0.25, 0.3) is 5.91 Å². The highest BCUT2D eigenvalue weighted by Crippen LogP contribution is 2.24. The average molecular weight is 223 g/mol. The molecule has 16 heavy (non-hydrogen) atoms. The lowest BCUT2D eigenvalue weighted by molar-refractivity contribution is 0.0600. The maximum Gasteiger partial charge on any atom is 0.337 e. The molecule has 1 aromatic rings. The van der Waals surface area contributed by atoms with Crippen molar-refractivity contribution in [3.63, 3.8) is 0 Å². The van der Waals surface area contributed by atoms with Gasteiger partial charge in [-0.15, -0.1) is 0 Å². The first kappa shape index (κ1) is 12.0. The third-order valence-corrected chi connectivity index (χ3v) is 2.19. The molecule has 0 radical (unpaired) electrons. The van der Waals surface area contributed by atoms with Crippen LogP contribution in [0.2, 0.25) is 0 Å². The third-order valence-electron chi connectivity index (χ3n) is 2.19. The molecule has 0 fully saturated rings. The van der Waals surface area contributed by atoms with Crippen molar-refractivity contribution in [2.24, 2.45) is 0 Å². The summed E-state index contributed by atoms with van der Waals surface area (Å²) in [7, 11) is 2.70. The second kappa shape index (κ2) is 4.65. The normalized spacial score (nSPS) is 9.69. The van der Waals surface area contributed by atoms with Crippen molar-refractivity contribution in [3.05, 3.63) is 28.8 Å². The summed E-state index contributed by atoms with van der Waals surface area (Å²) in [5, 5.41) is 12.0. The number of amides is 1. The molecular weight excluding hydrogens is 210 g/mol. The van der Waals surface area contributed by atoms with Gasteiger partial charge in [0.2, 0.25) is 0 Å². The van der Waals surface area contributed by atoms with Gasteiger partial charge in [-0.3, -0.25) is 4.79 Å². The first-order valence-electron chi connectivity index (χ1n) is 4.65. The number of carbonyl (C=O) groups is 2. The van der Waals surface area contributed by atoms with Crippen molar-refractivity contribution >= 4 is 11.9 Å². The van der Waals surface area contributed by atoms with Crippen LogP contribution in [0.3, 0.4) is 0 Å². The van der Waals surface area contributed by atoms with Crippen LogP contribution < -0.4 is 5.32 Å². The van der Waals surface area contributed by atoms with Crippen molar-refractivity contribution in [3.8, 4) is 5.75 Å². The predicted molar refractivity (Wildman–Crippen MR) is 57.6 cm³/mol. The van der Waals surface area contributed by atoms with Crippen molar-refractivity contribution in [1.82, 2.24) is 5.32 Å². The molecule has 0 spiro atoms. The molecule has 0 saturated carbocycles. The lowest BCUT2D eigenvalue weighted by Gasteiger charge is -2.08. The molecule has 1 rings (SSSR count). The van der Waals surface area contributed by atoms with Gasteiger partial charge < -0.3 is 15.2 Å². The molecule has 0 aliphatic heterocycles. The summed E-state index contributed by atoms with van der Waals surface area (Å²) < 4.78 is 4.55. The predicted octanol–water partition coefficient (Wildman–Crippen LogP) is 0.847. The Kier molecular flexibility index (Phi) is 3.50. The molecule has 1 amide bonds. The van der Waals surface area contributed by atoms with Crippen LogP contribution in [0.5, 0.6) is 5.75 Å². The van der Waals surface area contributed by atoms with Crippen LogP contribution in [0.25, 0.3) is 0 Å². The summed E-state index contributed by atoms with van der Waals surface area (Å²) in [6.45, 7) is 1.61. The fraction of sp³-hybridized carbons (Fsp3) is 0.273. The Labute approximate surface area is 93.0 Å². The second-order valence-electron chi connectivity index (χ2n) is 3.26. The Hall–Kier alpha value is -2.04. The number of esters is 1. The summed E-state index contributed by atoms with van der Waals surface area (Å²) in [6.07, 6.45) is 0. The maximum atomic E-state index is 11.4. The molecule has 0 aromatic heterocycles. The number of ether oxygens (including phenoxy) is 1. The molecule has 5 heteroatoms. The van der Waals surface area contributed by atoms with E-state index in [-0.39, 0.29) is 16.9 Å². The largest absolute Gasteiger partial charge is 0.507 e. The van der Waals surface area contributed by atoms with Crippen molar-refractivity contribution in [1.29, 1.82) is 0 Å². The number of carbonyl (C=O) groups excluding carboxylic acids is 2. The van der Waals surface area contributed by atoms with Crippen LogP contribution >= 0.6 is 0 Å². The van der Waals surface area contributed by atoms with Crippen molar-refractivity contribution < 1.29 is 19.4 Å². The van der Waals surface area contributed by atoms with Crippen LogP contribution in [0.15, 0.2) is 12.1 Å². The number of hydrogen-bond donors (Lipinski definition) is 2. The molecule has 86 valence electrons. The van der Waals surface area contributed by atoms with E-state index in [0.717, 1.165) is 0 Å². The standard InChI is InChI=1S/C11H13NO4/c1-6-4-7(11(15)16-3)5-8(9(6)13)10(14)12-2/h4-5,13H,1-3H3,(H,12,14). The van der Waals surface area contributed by atoms with Gasteiger partial charge in [-0.2, -0.15) is 0 Å². The van der Waals surface area contributed by atoms with Gasteiger partial charge >= 0.3 is 5.97 Å². The lowest BCUT2D eigenvalue weighted by Crippen LogP contribution is -2.19. The molecule has 2 N–H and O–H groups in total. The van der Waals surface area contributed by atoms with E-state index in [0.29, 0.717) is 5.56 Å². The minimum atomic E-state index is -0.548. The SMILES string of the molecule is CNC(=O)c1cc(C(=O)OC)cc(C)c1O. The van der Waals surface area contributed by atoms with Gasteiger partial charge in [0.1, 0.15) is 5.75 Å². The summed E-state index contributed by atoms with van der Waals surface area (Å²) in [6, 6.07) is 2.76. The number of phenols is 1. The minimum absolute atomic E-state index is 0.0582. The summed E-state index contributed by atoms with van der Waals surface area (Å²) in [4.78, 5) is 22.7. The fourth-order valence-corrected chi connectivity index (χ4v) is 1.32. The van der Waals surface area contributed by atoms with Gasteiger partial charge in [0.05, 0.1) is 18.2 Å². The Morgan fingerprint density at radius 1 is 1.38 bits per heavy atom. The van der Waals surface area contributed by atoms with Crippen molar-refractivity contribution in [2.75, 3.05) is 14.2 Å². The lowest BCUT2D eigenvalue weighted by atomic mass is 10.0. The molecule has 0 bridgehead atoms. The minimum Gasteiger partial charge on any atom is -0.507 e. The van der Waals surface area contributed by atoms with E-state index >= 15 is 0 Å². The smallest absolute Gasteiger partial charge is 0.337 e. The molecule has 0 saturated heterocycles. The van der Waals surface area contributed by atoms with Gasteiger partial charge in [-0.05, 0) is 24.6 Å². The van der Waals surface area contributed by atoms with Crippen LogP contribution in [0.4, 0.5) is 0 Å².